The fourth-order valence-corrected chi connectivity index (χ4v) is 6.99. The Morgan fingerprint density at radius 2 is 1.51 bits per heavy atom. The minimum absolute atomic E-state index is 0.00171. The summed E-state index contributed by atoms with van der Waals surface area (Å²) in [6.45, 7) is 7.72. The number of benzene rings is 3. The lowest BCUT2D eigenvalue weighted by atomic mass is 9.68. The number of hydrogen-bond acceptors (Lipinski definition) is 6. The van der Waals surface area contributed by atoms with Crippen LogP contribution in [0, 0.1) is 10.1 Å². The van der Waals surface area contributed by atoms with E-state index in [4.69, 9.17) is 0 Å². The van der Waals surface area contributed by atoms with Crippen LogP contribution in [0.25, 0.3) is 0 Å². The fourth-order valence-electron chi connectivity index (χ4n) is 6.99. The third-order valence-electron chi connectivity index (χ3n) is 9.65. The van der Waals surface area contributed by atoms with Crippen LogP contribution in [0.4, 0.5) is 5.69 Å². The minimum Gasteiger partial charge on any atom is -0.357 e. The highest BCUT2D eigenvalue weighted by atomic mass is 16.6. The van der Waals surface area contributed by atoms with Gasteiger partial charge in [-0.15, -0.1) is 0 Å². The smallest absolute Gasteiger partial charge is 0.271 e. The van der Waals surface area contributed by atoms with E-state index in [-0.39, 0.29) is 46.7 Å². The summed E-state index contributed by atoms with van der Waals surface area (Å²) in [5.41, 5.74) is 4.02. The first-order valence-electron chi connectivity index (χ1n) is 16.4. The van der Waals surface area contributed by atoms with Crippen LogP contribution >= 0.6 is 0 Å². The number of allylic oxidation sites excluding steroid dienone is 1. The molecule has 2 aliphatic rings. The summed E-state index contributed by atoms with van der Waals surface area (Å²) in [5, 5.41) is 17.4. The van der Waals surface area contributed by atoms with Crippen molar-refractivity contribution < 1.29 is 14.5 Å². The fraction of sp³-hybridized carbons (Fsp3) is 0.368. The first-order valence-corrected chi connectivity index (χ1v) is 16.4. The van der Waals surface area contributed by atoms with Crippen molar-refractivity contribution >= 4 is 17.5 Å². The molecule has 3 aromatic carbocycles. The predicted molar refractivity (Wildman–Crippen MR) is 184 cm³/mol. The van der Waals surface area contributed by atoms with Crippen molar-refractivity contribution in [3.05, 3.63) is 135 Å². The van der Waals surface area contributed by atoms with Crippen molar-refractivity contribution in [2.24, 2.45) is 0 Å². The van der Waals surface area contributed by atoms with Crippen LogP contribution < -0.4 is 10.6 Å². The maximum atomic E-state index is 14.1. The molecule has 0 saturated carbocycles. The van der Waals surface area contributed by atoms with Crippen LogP contribution in [0.2, 0.25) is 0 Å². The molecule has 1 fully saturated rings. The Hall–Kier alpha value is -4.76. The molecule has 9 heteroatoms. The first-order chi connectivity index (χ1) is 22.6. The number of rotatable bonds is 11. The second kappa shape index (κ2) is 14.8. The molecule has 0 aromatic heterocycles. The average molecular weight is 636 g/mol. The van der Waals surface area contributed by atoms with Gasteiger partial charge in [-0.3, -0.25) is 19.7 Å². The second-order valence-corrected chi connectivity index (χ2v) is 12.9. The van der Waals surface area contributed by atoms with E-state index in [2.05, 4.69) is 83.1 Å². The van der Waals surface area contributed by atoms with E-state index in [1.165, 1.54) is 23.3 Å². The quantitative estimate of drug-likeness (QED) is 0.191. The lowest BCUT2D eigenvalue weighted by molar-refractivity contribution is -0.384. The van der Waals surface area contributed by atoms with Gasteiger partial charge in [-0.05, 0) is 82.4 Å². The summed E-state index contributed by atoms with van der Waals surface area (Å²) in [5.74, 6) is -0.577. The number of non-ortho nitro benzene ring substituents is 1. The van der Waals surface area contributed by atoms with Crippen LogP contribution in [0.15, 0.2) is 108 Å². The van der Waals surface area contributed by atoms with Gasteiger partial charge in [0.15, 0.2) is 0 Å². The van der Waals surface area contributed by atoms with Crippen molar-refractivity contribution in [1.29, 1.82) is 0 Å². The topological polar surface area (TPSA) is 108 Å². The predicted octanol–water partition coefficient (Wildman–Crippen LogP) is 6.24. The largest absolute Gasteiger partial charge is 0.357 e. The Kier molecular flexibility index (Phi) is 10.6. The molecule has 2 amide bonds. The summed E-state index contributed by atoms with van der Waals surface area (Å²) in [7, 11) is 1.75. The maximum Gasteiger partial charge on any atom is 0.271 e. The van der Waals surface area contributed by atoms with Gasteiger partial charge in [-0.1, -0.05) is 78.9 Å². The van der Waals surface area contributed by atoms with E-state index in [0.717, 1.165) is 31.5 Å². The summed E-state index contributed by atoms with van der Waals surface area (Å²) in [6, 6.07) is 27.6. The van der Waals surface area contributed by atoms with E-state index in [1.807, 2.05) is 19.9 Å². The van der Waals surface area contributed by atoms with Crippen LogP contribution in [-0.2, 0) is 15.0 Å². The lowest BCUT2D eigenvalue weighted by Crippen LogP contribution is -2.48. The third kappa shape index (κ3) is 7.46. The molecule has 246 valence electrons. The Labute approximate surface area is 277 Å². The Morgan fingerprint density at radius 3 is 2.04 bits per heavy atom. The van der Waals surface area contributed by atoms with Crippen LogP contribution in [0.1, 0.15) is 69.2 Å². The van der Waals surface area contributed by atoms with Crippen molar-refractivity contribution in [2.45, 2.75) is 70.0 Å². The maximum absolute atomic E-state index is 14.1. The van der Waals surface area contributed by atoms with Gasteiger partial charge in [0.2, 0.25) is 5.91 Å². The number of nitro benzene ring substituents is 1. The van der Waals surface area contributed by atoms with E-state index < -0.39 is 4.92 Å². The summed E-state index contributed by atoms with van der Waals surface area (Å²) < 4.78 is 0. The molecule has 3 aromatic rings. The van der Waals surface area contributed by atoms with Gasteiger partial charge >= 0.3 is 0 Å². The zero-order valence-electron chi connectivity index (χ0n) is 27.7. The molecule has 47 heavy (non-hydrogen) atoms. The third-order valence-corrected chi connectivity index (χ3v) is 9.65. The van der Waals surface area contributed by atoms with Gasteiger partial charge in [-0.2, -0.15) is 0 Å². The van der Waals surface area contributed by atoms with Crippen LogP contribution in [0.5, 0.6) is 0 Å². The van der Waals surface area contributed by atoms with E-state index in [9.17, 15) is 19.7 Å². The highest BCUT2D eigenvalue weighted by Crippen LogP contribution is 2.42. The average Bonchev–Trinajstić information content (AvgIpc) is 3.10. The van der Waals surface area contributed by atoms with Crippen LogP contribution in [0.3, 0.4) is 0 Å². The zero-order chi connectivity index (χ0) is 33.6. The molecule has 2 aliphatic heterocycles. The van der Waals surface area contributed by atoms with Gasteiger partial charge in [0, 0.05) is 42.3 Å². The molecule has 0 spiro atoms. The number of nitrogens with zero attached hydrogens (tertiary/aromatic N) is 3. The highest BCUT2D eigenvalue weighted by Gasteiger charge is 2.39. The molecule has 2 unspecified atom stereocenters. The Morgan fingerprint density at radius 1 is 0.936 bits per heavy atom. The summed E-state index contributed by atoms with van der Waals surface area (Å²) in [4.78, 5) is 42.3. The van der Waals surface area contributed by atoms with Crippen molar-refractivity contribution in [1.82, 2.24) is 20.4 Å². The number of piperidine rings is 1. The van der Waals surface area contributed by atoms with Crippen LogP contribution in [-0.4, -0.2) is 58.8 Å². The number of dihydropyridines is 1. The van der Waals surface area contributed by atoms with Crippen molar-refractivity contribution in [3.63, 3.8) is 0 Å². The zero-order valence-corrected chi connectivity index (χ0v) is 27.7. The van der Waals surface area contributed by atoms with Gasteiger partial charge in [0.25, 0.3) is 11.6 Å². The summed E-state index contributed by atoms with van der Waals surface area (Å²) in [6.07, 6.45) is 6.39. The van der Waals surface area contributed by atoms with Gasteiger partial charge in [-0.25, -0.2) is 0 Å². The normalized spacial score (nSPS) is 17.5. The molecule has 2 heterocycles. The monoisotopic (exact) mass is 635 g/mol. The molecule has 0 bridgehead atoms. The molecule has 2 N–H and O–H groups in total. The van der Waals surface area contributed by atoms with Gasteiger partial charge in [0.1, 0.15) is 5.70 Å². The van der Waals surface area contributed by atoms with Gasteiger partial charge in [0.05, 0.1) is 11.0 Å². The molecule has 0 aliphatic carbocycles. The number of hydrogen-bond donors (Lipinski definition) is 2. The van der Waals surface area contributed by atoms with E-state index >= 15 is 0 Å². The number of likely N-dealkylation sites (N-methyl/N-ethyl adjacent to an activating group) is 1. The Balaban J connectivity index is 1.40. The number of likely N-dealkylation sites (tertiary alicyclic amines) is 1. The molecule has 0 radical (unpaired) electrons. The number of carbonyl (C=O) groups excluding carboxylic acids is 2. The first kappa shape index (κ1) is 33.6. The summed E-state index contributed by atoms with van der Waals surface area (Å²) >= 11 is 0. The highest BCUT2D eigenvalue weighted by molar-refractivity contribution is 6.05. The SMILES string of the molecule is CC(C)NC(=O)C1=C(C(=O)N(C)C(CC(C)N2CCC(c3ccccc3)(c3ccccc3)CC2)c2ccc([N+](=O)[O-])cc2)NC=CC1. The molecular formula is C38H45N5O4. The lowest BCUT2D eigenvalue weighted by Gasteiger charge is -2.45. The molecule has 5 rings (SSSR count). The van der Waals surface area contributed by atoms with Crippen molar-refractivity contribution in [3.8, 4) is 0 Å². The number of nitrogens with one attached hydrogen (secondary N) is 2. The number of carbonyl (C=O) groups is 2. The standard InChI is InChI=1S/C38H45N5O4/c1-27(2)40-36(44)33-16-11-23-39-35(33)37(45)41(4)34(29-17-19-32(20-18-29)43(46)47)26-28(3)42-24-21-38(22-25-42,30-12-7-5-8-13-30)31-14-9-6-10-15-31/h5-15,17-20,23,27-28,34,39H,16,21-22,24-26H2,1-4H3,(H,40,44). The molecular weight excluding hydrogens is 590 g/mol. The molecule has 2 atom stereocenters. The van der Waals surface area contributed by atoms with E-state index in [0.29, 0.717) is 18.4 Å². The number of nitro groups is 1. The minimum atomic E-state index is -0.418. The number of amides is 2. The van der Waals surface area contributed by atoms with Crippen molar-refractivity contribution in [2.75, 3.05) is 20.1 Å². The molecule has 1 saturated heterocycles. The van der Waals surface area contributed by atoms with E-state index in [1.54, 1.807) is 30.3 Å². The Bertz CT molecular complexity index is 1570. The second-order valence-electron chi connectivity index (χ2n) is 12.9. The molecule has 9 nitrogen and oxygen atoms in total. The van der Waals surface area contributed by atoms with Gasteiger partial charge < -0.3 is 20.4 Å².